The van der Waals surface area contributed by atoms with E-state index in [1.807, 2.05) is 0 Å². The molecule has 1 atom stereocenters. The molecule has 0 fully saturated rings. The van der Waals surface area contributed by atoms with Gasteiger partial charge in [0.15, 0.2) is 0 Å². The molecule has 0 aliphatic carbocycles. The van der Waals surface area contributed by atoms with Gasteiger partial charge in [-0.25, -0.2) is 0 Å². The molecule has 0 bridgehead atoms. The molecule has 7 heavy (non-hydrogen) atoms. The number of aliphatic carboxylic acids is 1. The lowest BCUT2D eigenvalue weighted by Crippen LogP contribution is -2.07. The Morgan fingerprint density at radius 1 is 2.14 bits per heavy atom. The van der Waals surface area contributed by atoms with Crippen molar-refractivity contribution in [3.8, 4) is 0 Å². The summed E-state index contributed by atoms with van der Waals surface area (Å²) in [4.78, 5) is 10.1. The van der Waals surface area contributed by atoms with Gasteiger partial charge in [-0.1, -0.05) is 0 Å². The molecule has 0 aromatic rings. The predicted molar refractivity (Wildman–Crippen MR) is 23.9 cm³/mol. The van der Waals surface area contributed by atoms with Crippen LogP contribution in [-0.4, -0.2) is 22.3 Å². The van der Waals surface area contributed by atoms with Crippen LogP contribution in [0, 0.1) is 0 Å². The molecule has 42 valence electrons. The van der Waals surface area contributed by atoms with Crippen LogP contribution < -0.4 is 0 Å². The maximum absolute atomic E-state index is 10.1. The van der Waals surface area contributed by atoms with Crippen molar-refractivity contribution in [2.45, 2.75) is 19.4 Å². The van der Waals surface area contributed by atoms with Crippen molar-refractivity contribution in [2.24, 2.45) is 0 Å². The van der Waals surface area contributed by atoms with Crippen molar-refractivity contribution in [2.75, 3.05) is 0 Å². The second kappa shape index (κ2) is 2.58. The Hall–Kier alpha value is -0.570. The first-order valence-corrected chi connectivity index (χ1v) is 2.01. The molecule has 0 radical (unpaired) electrons. The van der Waals surface area contributed by atoms with E-state index in [2.05, 4.69) is 5.11 Å². The Morgan fingerprint density at radius 3 is 2.86 bits per heavy atom. The van der Waals surface area contributed by atoms with Crippen LogP contribution in [0.25, 0.3) is 1.43 Å². The fraction of sp³-hybridized carbons (Fsp3) is 0.750. The molecule has 0 aromatic heterocycles. The molecule has 0 amide bonds. The van der Waals surface area contributed by atoms with Gasteiger partial charge in [-0.3, -0.25) is 4.79 Å². The van der Waals surface area contributed by atoms with E-state index in [4.69, 9.17) is 6.54 Å². The van der Waals surface area contributed by atoms with Gasteiger partial charge in [-0.05, 0) is 6.92 Å². The first kappa shape index (κ1) is 4.59. The highest BCUT2D eigenvalue weighted by atomic mass is 16.4. The van der Waals surface area contributed by atoms with Crippen LogP contribution in [0.15, 0.2) is 0 Å². The van der Waals surface area contributed by atoms with Gasteiger partial charge in [0.1, 0.15) is 0 Å². The van der Waals surface area contributed by atoms with E-state index in [0.29, 0.717) is 0 Å². The van der Waals surface area contributed by atoms with E-state index in [1.165, 1.54) is 6.92 Å². The lowest BCUT2D eigenvalue weighted by Gasteiger charge is -1.94. The summed E-state index contributed by atoms with van der Waals surface area (Å²) in [5.74, 6) is -0.708. The van der Waals surface area contributed by atoms with E-state index in [0.717, 1.165) is 0 Å². The topological polar surface area (TPSA) is 57.5 Å². The summed E-state index contributed by atoms with van der Waals surface area (Å²) >= 11 is 0. The minimum Gasteiger partial charge on any atom is -0.481 e. The highest BCUT2D eigenvalue weighted by Crippen LogP contribution is 1.85. The number of rotatable bonds is 2. The zero-order valence-corrected chi connectivity index (χ0v) is 4.05. The van der Waals surface area contributed by atoms with Crippen LogP contribution in [0.5, 0.6) is 0 Å². The predicted octanol–water partition coefficient (Wildman–Crippen LogP) is -0.158. The fourth-order valence-corrected chi connectivity index (χ4v) is 0.241. The molecule has 0 spiro atoms. The lowest BCUT2D eigenvalue weighted by molar-refractivity contribution is -0.138. The number of hydrogen-bond donors (Lipinski definition) is 2. The third-order valence-corrected chi connectivity index (χ3v) is 0.462. The summed E-state index contributed by atoms with van der Waals surface area (Å²) in [6.07, 6.45) is -0.823. The fourth-order valence-electron chi connectivity index (χ4n) is 0.241. The lowest BCUT2D eigenvalue weighted by atomic mass is 10.3. The summed E-state index contributed by atoms with van der Waals surface area (Å²) in [5, 5.41) is 12.0. The van der Waals surface area contributed by atoms with Gasteiger partial charge in [-0.2, -0.15) is 0 Å². The average molecular weight is 105 g/mol. The molecule has 3 heteroatoms. The molecule has 0 aromatic carbocycles. The van der Waals surface area contributed by atoms with Gasteiger partial charge >= 0.3 is 5.97 Å². The number of carboxylic acid groups (broad SMARTS) is 1. The Bertz CT molecular complexity index is 81.4. The van der Waals surface area contributed by atoms with E-state index >= 15 is 0 Å². The normalized spacial score (nSPS) is 14.9. The van der Waals surface area contributed by atoms with E-state index in [1.54, 1.807) is 0 Å². The highest BCUT2D eigenvalue weighted by Gasteiger charge is 2.00. The molecule has 0 saturated heterocycles. The zero-order valence-electron chi connectivity index (χ0n) is 5.05. The smallest absolute Gasteiger partial charge is 0.305 e. The van der Waals surface area contributed by atoms with Crippen LogP contribution in [0.3, 0.4) is 0 Å². The first-order valence-electron chi connectivity index (χ1n) is 2.41. The quantitative estimate of drug-likeness (QED) is 0.513. The van der Waals surface area contributed by atoms with Crippen molar-refractivity contribution >= 4 is 5.97 Å². The van der Waals surface area contributed by atoms with Gasteiger partial charge in [0.2, 0.25) is 0 Å². The number of hydrogen-bond acceptors (Lipinski definition) is 3. The summed E-state index contributed by atoms with van der Waals surface area (Å²) in [5.41, 5.74) is 0. The van der Waals surface area contributed by atoms with Gasteiger partial charge in [0, 0.05) is 0 Å². The monoisotopic (exact) mass is 105 g/mol. The summed E-state index contributed by atoms with van der Waals surface area (Å²) in [7, 11) is 0. The molecular formula is C4H8O3. The van der Waals surface area contributed by atoms with Crippen LogP contribution in [-0.2, 0) is 4.79 Å². The van der Waals surface area contributed by atoms with Crippen LogP contribution in [0.4, 0.5) is 0 Å². The largest absolute Gasteiger partial charge is 0.481 e. The minimum absolute atomic E-state index is 0.108. The Morgan fingerprint density at radius 2 is 2.71 bits per heavy atom. The van der Waals surface area contributed by atoms with E-state index < -0.39 is 12.1 Å². The van der Waals surface area contributed by atoms with E-state index in [-0.39, 0.29) is 6.42 Å². The molecular weight excluding hydrogens is 96.0 g/mol. The van der Waals surface area contributed by atoms with Crippen LogP contribution in [0.2, 0.25) is 0 Å². The second-order valence-corrected chi connectivity index (χ2v) is 1.43. The Labute approximate surface area is 43.1 Å². The third kappa shape index (κ3) is 5.43. The summed E-state index contributed by atoms with van der Waals surface area (Å²) in [6.45, 7) is 1.46. The zero-order chi connectivity index (χ0) is 6.57. The molecule has 2 N–H and O–H groups in total. The van der Waals surface area contributed by atoms with E-state index in [9.17, 15) is 4.79 Å². The second-order valence-electron chi connectivity index (χ2n) is 1.43. The molecule has 0 aliphatic rings. The standard InChI is InChI=1S/C4H8O3/c1-3(5)2-4(6)7/h3,5H,2H2,1H3,(H,6,7)/t3-/m1/s1/i/hD. The van der Waals surface area contributed by atoms with Gasteiger partial charge in [0.25, 0.3) is 1.43 Å². The van der Waals surface area contributed by atoms with Crippen LogP contribution in [0.1, 0.15) is 13.3 Å². The number of aliphatic hydroxyl groups excluding tert-OH is 1. The van der Waals surface area contributed by atoms with Gasteiger partial charge in [0.05, 0.1) is 12.5 Å². The first-order chi connectivity index (χ1) is 3.66. The van der Waals surface area contributed by atoms with Gasteiger partial charge in [-0.15, -0.1) is 0 Å². The van der Waals surface area contributed by atoms with Crippen LogP contribution >= 0.6 is 0 Å². The number of carbonyl (C=O) groups is 1. The van der Waals surface area contributed by atoms with Crippen molar-refractivity contribution in [1.29, 1.82) is 1.43 Å². The molecule has 3 nitrogen and oxygen atoms in total. The van der Waals surface area contributed by atoms with Gasteiger partial charge < -0.3 is 10.2 Å². The Kier molecular flexibility index (Phi) is 1.69. The Balaban J connectivity index is 3.25. The average Bonchev–Trinajstić information content (AvgIpc) is 1.65. The van der Waals surface area contributed by atoms with Crippen molar-refractivity contribution < 1.29 is 15.0 Å². The molecule has 0 unspecified atom stereocenters. The third-order valence-electron chi connectivity index (χ3n) is 0.462. The van der Waals surface area contributed by atoms with Crippen molar-refractivity contribution in [3.63, 3.8) is 0 Å². The number of carboxylic acids is 1. The molecule has 0 rings (SSSR count). The number of aliphatic hydroxyl groups is 1. The molecule has 0 heterocycles. The van der Waals surface area contributed by atoms with Crippen molar-refractivity contribution in [3.05, 3.63) is 0 Å². The minimum atomic E-state index is -0.715. The summed E-state index contributed by atoms with van der Waals surface area (Å²) in [6, 6.07) is 0. The summed E-state index contributed by atoms with van der Waals surface area (Å²) < 4.78 is 6.04. The van der Waals surface area contributed by atoms with Crippen molar-refractivity contribution in [1.82, 2.24) is 0 Å². The maximum Gasteiger partial charge on any atom is 0.305 e. The maximum atomic E-state index is 10.1. The molecule has 0 aliphatic heterocycles. The SMILES string of the molecule is [2H]OC(=O)C[C@@H](C)O. The highest BCUT2D eigenvalue weighted by molar-refractivity contribution is 5.67. The molecule has 0 saturated carbocycles.